The topological polar surface area (TPSA) is 63.9 Å². The summed E-state index contributed by atoms with van der Waals surface area (Å²) in [6.07, 6.45) is 3.61. The third-order valence-corrected chi connectivity index (χ3v) is 1.86. The van der Waals surface area contributed by atoms with E-state index < -0.39 is 0 Å². The second-order valence-electron chi connectivity index (χ2n) is 3.45. The van der Waals surface area contributed by atoms with Crippen molar-refractivity contribution in [3.05, 3.63) is 17.7 Å². The van der Waals surface area contributed by atoms with Crippen LogP contribution in [0.4, 0.5) is 0 Å². The van der Waals surface area contributed by atoms with Gasteiger partial charge < -0.3 is 0 Å². The van der Waals surface area contributed by atoms with Gasteiger partial charge in [0, 0.05) is 18.8 Å². The zero-order chi connectivity index (χ0) is 11.3. The van der Waals surface area contributed by atoms with Crippen LogP contribution < -0.4 is 0 Å². The lowest BCUT2D eigenvalue weighted by atomic mass is 10.0. The molecule has 0 spiro atoms. The fourth-order valence-corrected chi connectivity index (χ4v) is 1.07. The minimum atomic E-state index is 0.314. The van der Waals surface area contributed by atoms with Gasteiger partial charge in [-0.3, -0.25) is 4.99 Å². The molecule has 0 aromatic carbocycles. The summed E-state index contributed by atoms with van der Waals surface area (Å²) in [5, 5.41) is 15.8. The van der Waals surface area contributed by atoms with Crippen molar-refractivity contribution in [3.8, 4) is 0 Å². The monoisotopic (exact) mass is 205 g/mol. The molecule has 80 valence electrons. The van der Waals surface area contributed by atoms with Crippen molar-refractivity contribution in [1.82, 2.24) is 20.4 Å². The maximum absolute atomic E-state index is 4.00. The van der Waals surface area contributed by atoms with Crippen molar-refractivity contribution >= 4 is 11.8 Å². The highest BCUT2D eigenvalue weighted by molar-refractivity contribution is 5.83. The molecule has 0 radical (unpaired) electrons. The van der Waals surface area contributed by atoms with Crippen LogP contribution >= 0.6 is 0 Å². The molecule has 0 bridgehead atoms. The standard InChI is InChI=1S/C10H15N5/c1-7(2)9(5-6-11-4)10-14-12-8(3)13-15-10/h5-7H,1-4H3/b9-5+,11-6?. The van der Waals surface area contributed by atoms with Crippen molar-refractivity contribution in [3.63, 3.8) is 0 Å². The molecule has 0 atom stereocenters. The van der Waals surface area contributed by atoms with Gasteiger partial charge in [0.2, 0.25) is 0 Å². The summed E-state index contributed by atoms with van der Waals surface area (Å²) in [6, 6.07) is 0. The van der Waals surface area contributed by atoms with Crippen molar-refractivity contribution < 1.29 is 0 Å². The molecule has 0 aliphatic rings. The molecule has 5 heteroatoms. The summed E-state index contributed by atoms with van der Waals surface area (Å²) in [6.45, 7) is 5.90. The fraction of sp³-hybridized carbons (Fsp3) is 0.500. The van der Waals surface area contributed by atoms with Gasteiger partial charge in [-0.15, -0.1) is 20.4 Å². The first-order valence-electron chi connectivity index (χ1n) is 4.82. The SMILES string of the molecule is CN=C/C=C(/c1nnc(C)nn1)C(C)C. The van der Waals surface area contributed by atoms with E-state index in [-0.39, 0.29) is 0 Å². The number of hydrogen-bond acceptors (Lipinski definition) is 5. The molecule has 0 N–H and O–H groups in total. The molecular formula is C10H15N5. The molecule has 1 aromatic heterocycles. The largest absolute Gasteiger partial charge is 0.297 e. The molecule has 1 aromatic rings. The van der Waals surface area contributed by atoms with Crippen molar-refractivity contribution in [2.45, 2.75) is 20.8 Å². The van der Waals surface area contributed by atoms with Crippen LogP contribution in [-0.4, -0.2) is 33.7 Å². The molecule has 0 aliphatic heterocycles. The zero-order valence-electron chi connectivity index (χ0n) is 9.47. The Kier molecular flexibility index (Phi) is 4.03. The van der Waals surface area contributed by atoms with Gasteiger partial charge in [-0.1, -0.05) is 13.8 Å². The number of rotatable bonds is 3. The van der Waals surface area contributed by atoms with E-state index in [4.69, 9.17) is 0 Å². The summed E-state index contributed by atoms with van der Waals surface area (Å²) >= 11 is 0. The third-order valence-electron chi connectivity index (χ3n) is 1.86. The quantitative estimate of drug-likeness (QED) is 0.698. The highest BCUT2D eigenvalue weighted by Crippen LogP contribution is 2.17. The summed E-state index contributed by atoms with van der Waals surface area (Å²) in [4.78, 5) is 3.90. The molecule has 0 saturated carbocycles. The number of allylic oxidation sites excluding steroid dienone is 2. The molecule has 0 unspecified atom stereocenters. The zero-order valence-corrected chi connectivity index (χ0v) is 9.47. The smallest absolute Gasteiger partial charge is 0.199 e. The van der Waals surface area contributed by atoms with Crippen LogP contribution in [0.15, 0.2) is 11.1 Å². The lowest BCUT2D eigenvalue weighted by Gasteiger charge is -2.06. The Labute approximate surface area is 89.4 Å². The molecule has 0 aliphatic carbocycles. The first kappa shape index (κ1) is 11.4. The van der Waals surface area contributed by atoms with Gasteiger partial charge in [-0.05, 0) is 18.9 Å². The molecule has 1 heterocycles. The van der Waals surface area contributed by atoms with Gasteiger partial charge in [0.1, 0.15) is 0 Å². The Hall–Kier alpha value is -1.65. The van der Waals surface area contributed by atoms with E-state index in [1.165, 1.54) is 0 Å². The summed E-state index contributed by atoms with van der Waals surface area (Å²) in [5.41, 5.74) is 0.987. The molecule has 15 heavy (non-hydrogen) atoms. The normalized spacial score (nSPS) is 12.7. The van der Waals surface area contributed by atoms with Crippen LogP contribution in [0.3, 0.4) is 0 Å². The Morgan fingerprint density at radius 1 is 1.20 bits per heavy atom. The van der Waals surface area contributed by atoms with E-state index in [1.807, 2.05) is 6.08 Å². The van der Waals surface area contributed by atoms with Gasteiger partial charge in [0.15, 0.2) is 11.6 Å². The van der Waals surface area contributed by atoms with E-state index >= 15 is 0 Å². The van der Waals surface area contributed by atoms with E-state index in [1.54, 1.807) is 20.2 Å². The highest BCUT2D eigenvalue weighted by atomic mass is 15.3. The first-order valence-corrected chi connectivity index (χ1v) is 4.82. The van der Waals surface area contributed by atoms with Crippen LogP contribution in [0.5, 0.6) is 0 Å². The second kappa shape index (κ2) is 5.29. The number of hydrogen-bond donors (Lipinski definition) is 0. The van der Waals surface area contributed by atoms with Crippen LogP contribution in [-0.2, 0) is 0 Å². The highest BCUT2D eigenvalue weighted by Gasteiger charge is 2.09. The maximum atomic E-state index is 4.00. The molecular weight excluding hydrogens is 190 g/mol. The van der Waals surface area contributed by atoms with Crippen LogP contribution in [0.2, 0.25) is 0 Å². The number of aliphatic imine (C=N–C) groups is 1. The van der Waals surface area contributed by atoms with E-state index in [0.29, 0.717) is 17.6 Å². The Morgan fingerprint density at radius 3 is 2.27 bits per heavy atom. The molecule has 0 amide bonds. The van der Waals surface area contributed by atoms with Gasteiger partial charge in [-0.25, -0.2) is 0 Å². The van der Waals surface area contributed by atoms with Gasteiger partial charge in [0.05, 0.1) is 0 Å². The molecule has 0 saturated heterocycles. The lowest BCUT2D eigenvalue weighted by molar-refractivity contribution is 0.757. The van der Waals surface area contributed by atoms with Crippen molar-refractivity contribution in [2.75, 3.05) is 7.05 Å². The van der Waals surface area contributed by atoms with Gasteiger partial charge in [-0.2, -0.15) is 0 Å². The minimum absolute atomic E-state index is 0.314. The molecule has 1 rings (SSSR count). The average Bonchev–Trinajstić information content (AvgIpc) is 2.21. The fourth-order valence-electron chi connectivity index (χ4n) is 1.07. The predicted octanol–water partition coefficient (Wildman–Crippen LogP) is 1.32. The Balaban J connectivity index is 3.05. The average molecular weight is 205 g/mol. The second-order valence-corrected chi connectivity index (χ2v) is 3.45. The summed E-state index contributed by atoms with van der Waals surface area (Å²) in [5.74, 6) is 1.45. The first-order chi connectivity index (χ1) is 7.15. The van der Waals surface area contributed by atoms with Crippen LogP contribution in [0, 0.1) is 12.8 Å². The van der Waals surface area contributed by atoms with Gasteiger partial charge >= 0.3 is 0 Å². The number of aryl methyl sites for hydroxylation is 1. The van der Waals surface area contributed by atoms with E-state index in [9.17, 15) is 0 Å². The Bertz CT molecular complexity index is 364. The van der Waals surface area contributed by atoms with Crippen molar-refractivity contribution in [1.29, 1.82) is 0 Å². The summed E-state index contributed by atoms with van der Waals surface area (Å²) in [7, 11) is 1.72. The van der Waals surface area contributed by atoms with E-state index in [2.05, 4.69) is 39.2 Å². The molecule has 5 nitrogen and oxygen atoms in total. The van der Waals surface area contributed by atoms with Crippen molar-refractivity contribution in [2.24, 2.45) is 10.9 Å². The maximum Gasteiger partial charge on any atom is 0.199 e. The number of nitrogens with zero attached hydrogens (tertiary/aromatic N) is 5. The van der Waals surface area contributed by atoms with Crippen LogP contribution in [0.25, 0.3) is 5.57 Å². The predicted molar refractivity (Wildman–Crippen MR) is 59.6 cm³/mol. The molecule has 0 fully saturated rings. The minimum Gasteiger partial charge on any atom is -0.297 e. The third kappa shape index (κ3) is 3.19. The Morgan fingerprint density at radius 2 is 1.80 bits per heavy atom. The lowest BCUT2D eigenvalue weighted by Crippen LogP contribution is -2.05. The summed E-state index contributed by atoms with van der Waals surface area (Å²) < 4.78 is 0. The van der Waals surface area contributed by atoms with Gasteiger partial charge in [0.25, 0.3) is 0 Å². The number of aromatic nitrogens is 4. The van der Waals surface area contributed by atoms with Crippen LogP contribution in [0.1, 0.15) is 25.5 Å². The van der Waals surface area contributed by atoms with E-state index in [0.717, 1.165) is 5.57 Å².